The van der Waals surface area contributed by atoms with Gasteiger partial charge in [0.2, 0.25) is 0 Å². The zero-order chi connectivity index (χ0) is 19.8. The Hall–Kier alpha value is -2.60. The summed E-state index contributed by atoms with van der Waals surface area (Å²) in [6.45, 7) is 3.30. The fraction of sp³-hybridized carbons (Fsp3) is 0.455. The number of nitrogens with two attached hydrogens (primary N) is 1. The molecule has 1 aromatic heterocycles. The lowest BCUT2D eigenvalue weighted by Crippen LogP contribution is -2.38. The molecule has 28 heavy (non-hydrogen) atoms. The molecule has 0 unspecified atom stereocenters. The lowest BCUT2D eigenvalue weighted by atomic mass is 9.98. The maximum atomic E-state index is 12.3. The van der Waals surface area contributed by atoms with E-state index in [1.165, 1.54) is 12.0 Å². The Kier molecular flexibility index (Phi) is 7.25. The van der Waals surface area contributed by atoms with Gasteiger partial charge in [0.1, 0.15) is 11.6 Å². The van der Waals surface area contributed by atoms with Crippen LogP contribution in [-0.4, -0.2) is 44.2 Å². The van der Waals surface area contributed by atoms with Crippen LogP contribution in [0.25, 0.3) is 0 Å². The fourth-order valence-corrected chi connectivity index (χ4v) is 3.56. The number of hydrogen-bond donors (Lipinski definition) is 2. The third kappa shape index (κ3) is 5.45. The molecule has 6 heteroatoms. The predicted octanol–water partition coefficient (Wildman–Crippen LogP) is 2.63. The number of rotatable bonds is 8. The fourth-order valence-electron chi connectivity index (χ4n) is 3.56. The Labute approximate surface area is 167 Å². The van der Waals surface area contributed by atoms with Gasteiger partial charge in [-0.1, -0.05) is 12.1 Å². The number of ether oxygens (including phenoxy) is 1. The number of methoxy groups -OCH3 is 1. The third-order valence-electron chi connectivity index (χ3n) is 5.27. The van der Waals surface area contributed by atoms with Gasteiger partial charge in [-0.2, -0.15) is 0 Å². The summed E-state index contributed by atoms with van der Waals surface area (Å²) in [5, 5.41) is 2.97. The summed E-state index contributed by atoms with van der Waals surface area (Å²) in [5.41, 5.74) is 7.64. The molecular formula is C22H30N4O2. The van der Waals surface area contributed by atoms with Gasteiger partial charge in [-0.15, -0.1) is 0 Å². The number of carbonyl (C=O) groups is 1. The maximum absolute atomic E-state index is 12.3. The highest BCUT2D eigenvalue weighted by atomic mass is 16.5. The molecule has 0 aliphatic carbocycles. The molecule has 1 fully saturated rings. The van der Waals surface area contributed by atoms with E-state index in [1.54, 1.807) is 13.3 Å². The number of benzene rings is 1. The van der Waals surface area contributed by atoms with Crippen LogP contribution >= 0.6 is 0 Å². The number of anilines is 1. The van der Waals surface area contributed by atoms with Crippen molar-refractivity contribution in [2.75, 3.05) is 38.2 Å². The summed E-state index contributed by atoms with van der Waals surface area (Å²) >= 11 is 0. The quantitative estimate of drug-likeness (QED) is 0.686. The molecule has 2 aromatic rings. The highest BCUT2D eigenvalue weighted by Gasteiger charge is 2.19. The van der Waals surface area contributed by atoms with Crippen molar-refractivity contribution >= 4 is 11.7 Å². The Morgan fingerprint density at radius 3 is 2.79 bits per heavy atom. The van der Waals surface area contributed by atoms with E-state index in [1.807, 2.05) is 24.3 Å². The molecule has 0 saturated carbocycles. The monoisotopic (exact) mass is 382 g/mol. The Balaban J connectivity index is 1.44. The van der Waals surface area contributed by atoms with Crippen molar-refractivity contribution in [2.24, 2.45) is 11.7 Å². The first-order valence-corrected chi connectivity index (χ1v) is 10.0. The predicted molar refractivity (Wildman–Crippen MR) is 112 cm³/mol. The van der Waals surface area contributed by atoms with Crippen LogP contribution in [0.2, 0.25) is 0 Å². The van der Waals surface area contributed by atoms with Crippen molar-refractivity contribution in [1.29, 1.82) is 0 Å². The number of nitrogens with one attached hydrogen (secondary N) is 1. The van der Waals surface area contributed by atoms with Crippen molar-refractivity contribution in [3.8, 4) is 5.75 Å². The van der Waals surface area contributed by atoms with E-state index in [4.69, 9.17) is 10.5 Å². The molecule has 3 N–H and O–H groups in total. The molecule has 0 bridgehead atoms. The topological polar surface area (TPSA) is 80.5 Å². The van der Waals surface area contributed by atoms with Crippen molar-refractivity contribution in [2.45, 2.75) is 25.7 Å². The summed E-state index contributed by atoms with van der Waals surface area (Å²) in [4.78, 5) is 19.1. The molecule has 1 aliphatic rings. The van der Waals surface area contributed by atoms with Crippen LogP contribution in [0.5, 0.6) is 5.75 Å². The van der Waals surface area contributed by atoms with Gasteiger partial charge >= 0.3 is 0 Å². The highest BCUT2D eigenvalue weighted by molar-refractivity contribution is 5.94. The van der Waals surface area contributed by atoms with Gasteiger partial charge in [0.05, 0.1) is 12.7 Å². The first kappa shape index (κ1) is 20.1. The van der Waals surface area contributed by atoms with Crippen molar-refractivity contribution in [1.82, 2.24) is 10.3 Å². The van der Waals surface area contributed by atoms with Crippen molar-refractivity contribution in [3.63, 3.8) is 0 Å². The number of hydrogen-bond acceptors (Lipinski definition) is 5. The Morgan fingerprint density at radius 2 is 2.11 bits per heavy atom. The minimum Gasteiger partial charge on any atom is -0.497 e. The van der Waals surface area contributed by atoms with Crippen LogP contribution in [0.15, 0.2) is 42.6 Å². The smallest absolute Gasteiger partial charge is 0.252 e. The Morgan fingerprint density at radius 1 is 1.29 bits per heavy atom. The normalized spacial score (nSPS) is 16.6. The minimum atomic E-state index is -0.0766. The van der Waals surface area contributed by atoms with E-state index in [-0.39, 0.29) is 5.91 Å². The van der Waals surface area contributed by atoms with Gasteiger partial charge in [0.15, 0.2) is 0 Å². The van der Waals surface area contributed by atoms with E-state index in [2.05, 4.69) is 27.3 Å². The molecule has 1 atom stereocenters. The lowest BCUT2D eigenvalue weighted by Gasteiger charge is -2.33. The van der Waals surface area contributed by atoms with Crippen LogP contribution in [0.1, 0.15) is 35.2 Å². The average Bonchev–Trinajstić information content (AvgIpc) is 2.77. The molecule has 2 heterocycles. The molecule has 1 saturated heterocycles. The Bertz CT molecular complexity index is 746. The van der Waals surface area contributed by atoms with E-state index in [0.29, 0.717) is 24.6 Å². The third-order valence-corrected chi connectivity index (χ3v) is 5.27. The summed E-state index contributed by atoms with van der Waals surface area (Å²) in [6.07, 6.45) is 5.79. The number of piperidine rings is 1. The number of pyridine rings is 1. The molecule has 3 rings (SSSR count). The van der Waals surface area contributed by atoms with Crippen LogP contribution in [0.3, 0.4) is 0 Å². The van der Waals surface area contributed by atoms with Gasteiger partial charge in [-0.25, -0.2) is 4.98 Å². The summed E-state index contributed by atoms with van der Waals surface area (Å²) < 4.78 is 5.16. The first-order valence-electron chi connectivity index (χ1n) is 10.0. The number of aromatic nitrogens is 1. The van der Waals surface area contributed by atoms with E-state index >= 15 is 0 Å². The van der Waals surface area contributed by atoms with Crippen LogP contribution in [0.4, 0.5) is 5.82 Å². The largest absolute Gasteiger partial charge is 0.497 e. The van der Waals surface area contributed by atoms with E-state index in [9.17, 15) is 4.79 Å². The van der Waals surface area contributed by atoms with Gasteiger partial charge in [0, 0.05) is 25.8 Å². The molecular weight excluding hydrogens is 352 g/mol. The molecule has 0 spiro atoms. The zero-order valence-corrected chi connectivity index (χ0v) is 16.6. The van der Waals surface area contributed by atoms with Crippen molar-refractivity contribution in [3.05, 3.63) is 53.7 Å². The number of amides is 1. The van der Waals surface area contributed by atoms with Crippen LogP contribution in [0, 0.1) is 5.92 Å². The second kappa shape index (κ2) is 10.1. The molecule has 1 amide bonds. The standard InChI is InChI=1S/C22H30N4O2/c1-28-20-9-6-17(7-10-20)4-2-12-24-22(27)19-8-11-21(25-15-19)26-13-3-5-18(14-23)16-26/h6-11,15,18H,2-5,12-14,16,23H2,1H3,(H,24,27)/t18-/m1/s1. The van der Waals surface area contributed by atoms with Crippen LogP contribution in [-0.2, 0) is 6.42 Å². The molecule has 1 aliphatic heterocycles. The minimum absolute atomic E-state index is 0.0766. The lowest BCUT2D eigenvalue weighted by molar-refractivity contribution is 0.0953. The summed E-state index contributed by atoms with van der Waals surface area (Å²) in [6, 6.07) is 11.8. The second-order valence-corrected chi connectivity index (χ2v) is 7.30. The summed E-state index contributed by atoms with van der Waals surface area (Å²) in [5.74, 6) is 2.24. The molecule has 0 radical (unpaired) electrons. The van der Waals surface area contributed by atoms with Gasteiger partial charge < -0.3 is 20.7 Å². The number of nitrogens with zero attached hydrogens (tertiary/aromatic N) is 2. The molecule has 6 nitrogen and oxygen atoms in total. The zero-order valence-electron chi connectivity index (χ0n) is 16.6. The molecule has 150 valence electrons. The van der Waals surface area contributed by atoms with Crippen molar-refractivity contribution < 1.29 is 9.53 Å². The number of aryl methyl sites for hydroxylation is 1. The summed E-state index contributed by atoms with van der Waals surface area (Å²) in [7, 11) is 1.66. The van der Waals surface area contributed by atoms with Crippen LogP contribution < -0.4 is 20.7 Å². The number of carbonyl (C=O) groups excluding carboxylic acids is 1. The van der Waals surface area contributed by atoms with Gasteiger partial charge in [-0.3, -0.25) is 4.79 Å². The SMILES string of the molecule is COc1ccc(CCCNC(=O)c2ccc(N3CCC[C@H](CN)C3)nc2)cc1. The maximum Gasteiger partial charge on any atom is 0.252 e. The van der Waals surface area contributed by atoms with Gasteiger partial charge in [-0.05, 0) is 68.0 Å². The average molecular weight is 383 g/mol. The molecule has 1 aromatic carbocycles. The van der Waals surface area contributed by atoms with E-state index < -0.39 is 0 Å². The van der Waals surface area contributed by atoms with Gasteiger partial charge in [0.25, 0.3) is 5.91 Å². The highest BCUT2D eigenvalue weighted by Crippen LogP contribution is 2.21. The first-order chi connectivity index (χ1) is 13.7. The second-order valence-electron chi connectivity index (χ2n) is 7.30. The van der Waals surface area contributed by atoms with E-state index in [0.717, 1.165) is 43.9 Å².